The fourth-order valence-electron chi connectivity index (χ4n) is 2.43. The molecule has 0 unspecified atom stereocenters. The van der Waals surface area contributed by atoms with Crippen LogP contribution in [0.25, 0.3) is 0 Å². The van der Waals surface area contributed by atoms with E-state index in [4.69, 9.17) is 11.6 Å². The second-order valence-corrected chi connectivity index (χ2v) is 6.36. The highest BCUT2D eigenvalue weighted by Gasteiger charge is 2.08. The van der Waals surface area contributed by atoms with Crippen LogP contribution in [0.15, 0.2) is 60.9 Å². The van der Waals surface area contributed by atoms with Crippen LogP contribution >= 0.6 is 11.6 Å². The van der Waals surface area contributed by atoms with Gasteiger partial charge < -0.3 is 10.6 Å². The summed E-state index contributed by atoms with van der Waals surface area (Å²) in [6.45, 7) is 2.67. The number of carbonyl (C=O) groups excluding carboxylic acids is 1. The van der Waals surface area contributed by atoms with Crippen LogP contribution in [0, 0.1) is 6.92 Å². The first-order valence-electron chi connectivity index (χ1n) is 8.28. The molecule has 0 spiro atoms. The van der Waals surface area contributed by atoms with Gasteiger partial charge in [0, 0.05) is 29.6 Å². The number of hydrogen-bond donors (Lipinski definition) is 2. The molecule has 2 aromatic carbocycles. The number of carbonyl (C=O) groups is 1. The molecular weight excluding hydrogens is 348 g/mol. The zero-order chi connectivity index (χ0) is 18.4. The maximum Gasteiger partial charge on any atom is 0.258 e. The van der Waals surface area contributed by atoms with Crippen molar-refractivity contribution in [1.29, 1.82) is 0 Å². The van der Waals surface area contributed by atoms with Crippen LogP contribution in [0.3, 0.4) is 0 Å². The number of nitrogens with zero attached hydrogens (tertiary/aromatic N) is 2. The van der Waals surface area contributed by atoms with Crippen molar-refractivity contribution >= 4 is 29.1 Å². The highest BCUT2D eigenvalue weighted by atomic mass is 35.5. The zero-order valence-corrected chi connectivity index (χ0v) is 15.1. The Hall–Kier alpha value is -2.92. The van der Waals surface area contributed by atoms with E-state index in [2.05, 4.69) is 20.6 Å². The maximum absolute atomic E-state index is 12.2. The van der Waals surface area contributed by atoms with E-state index >= 15 is 0 Å². The molecule has 26 heavy (non-hydrogen) atoms. The lowest BCUT2D eigenvalue weighted by Gasteiger charge is -2.07. The summed E-state index contributed by atoms with van der Waals surface area (Å²) in [5, 5.41) is 6.71. The van der Waals surface area contributed by atoms with Gasteiger partial charge in [-0.25, -0.2) is 9.97 Å². The molecule has 0 aliphatic rings. The number of aromatic nitrogens is 2. The summed E-state index contributed by atoms with van der Waals surface area (Å²) in [6.07, 6.45) is 3.86. The summed E-state index contributed by atoms with van der Waals surface area (Å²) in [5.74, 6) is 0.259. The molecule has 0 aliphatic carbocycles. The van der Waals surface area contributed by atoms with E-state index in [1.165, 1.54) is 18.0 Å². The molecular formula is C20H19ClN4O. The average molecular weight is 367 g/mol. The number of halogens is 1. The second-order valence-electron chi connectivity index (χ2n) is 5.92. The van der Waals surface area contributed by atoms with Crippen molar-refractivity contribution in [3.8, 4) is 0 Å². The highest BCUT2D eigenvalue weighted by Crippen LogP contribution is 2.12. The van der Waals surface area contributed by atoms with E-state index in [-0.39, 0.29) is 5.91 Å². The fraction of sp³-hybridized carbons (Fsp3) is 0.150. The number of benzene rings is 2. The molecule has 3 rings (SSSR count). The first kappa shape index (κ1) is 17.9. The molecule has 0 radical (unpaired) electrons. The lowest BCUT2D eigenvalue weighted by atomic mass is 10.1. The Balaban J connectivity index is 1.52. The number of aryl methyl sites for hydroxylation is 1. The molecule has 1 amide bonds. The van der Waals surface area contributed by atoms with Crippen molar-refractivity contribution in [2.45, 2.75) is 13.3 Å². The normalized spacial score (nSPS) is 10.4. The van der Waals surface area contributed by atoms with E-state index < -0.39 is 0 Å². The standard InChI is InChI=1S/C20H19ClN4O/c1-14-3-2-4-18(11-14)25-19(26)16-12-23-20(24-13-16)22-10-9-15-5-7-17(21)8-6-15/h2-8,11-13H,9-10H2,1H3,(H,25,26)(H,22,23,24). The zero-order valence-electron chi connectivity index (χ0n) is 14.4. The van der Waals surface area contributed by atoms with Gasteiger partial charge in [0.05, 0.1) is 5.56 Å². The molecule has 1 heterocycles. The molecule has 0 fully saturated rings. The molecule has 0 aliphatic heterocycles. The molecule has 6 heteroatoms. The minimum absolute atomic E-state index is 0.233. The third-order valence-corrected chi connectivity index (χ3v) is 4.05. The Morgan fingerprint density at radius 1 is 1.08 bits per heavy atom. The van der Waals surface area contributed by atoms with Crippen molar-refractivity contribution in [2.24, 2.45) is 0 Å². The monoisotopic (exact) mass is 366 g/mol. The SMILES string of the molecule is Cc1cccc(NC(=O)c2cnc(NCCc3ccc(Cl)cc3)nc2)c1. The third kappa shape index (κ3) is 5.04. The van der Waals surface area contributed by atoms with Crippen LogP contribution in [0.2, 0.25) is 5.02 Å². The third-order valence-electron chi connectivity index (χ3n) is 3.80. The molecule has 0 atom stereocenters. The lowest BCUT2D eigenvalue weighted by Crippen LogP contribution is -2.14. The summed E-state index contributed by atoms with van der Waals surface area (Å²) in [5.41, 5.74) is 3.42. The Bertz CT molecular complexity index is 879. The molecule has 0 saturated carbocycles. The number of hydrogen-bond acceptors (Lipinski definition) is 4. The van der Waals surface area contributed by atoms with Gasteiger partial charge in [-0.2, -0.15) is 0 Å². The molecule has 1 aromatic heterocycles. The Kier molecular flexibility index (Phi) is 5.81. The highest BCUT2D eigenvalue weighted by molar-refractivity contribution is 6.30. The maximum atomic E-state index is 12.2. The molecule has 0 saturated heterocycles. The number of anilines is 2. The predicted molar refractivity (Wildman–Crippen MR) is 105 cm³/mol. The summed E-state index contributed by atoms with van der Waals surface area (Å²) in [6, 6.07) is 15.3. The first-order chi connectivity index (χ1) is 12.6. The molecule has 132 valence electrons. The lowest BCUT2D eigenvalue weighted by molar-refractivity contribution is 0.102. The van der Waals surface area contributed by atoms with Crippen LogP contribution < -0.4 is 10.6 Å². The van der Waals surface area contributed by atoms with E-state index in [1.807, 2.05) is 55.5 Å². The average Bonchev–Trinajstić information content (AvgIpc) is 2.64. The number of amides is 1. The van der Waals surface area contributed by atoms with E-state index in [0.717, 1.165) is 22.7 Å². The van der Waals surface area contributed by atoms with Gasteiger partial charge in [0.25, 0.3) is 5.91 Å². The van der Waals surface area contributed by atoms with Gasteiger partial charge in [-0.3, -0.25) is 4.79 Å². The van der Waals surface area contributed by atoms with Gasteiger partial charge >= 0.3 is 0 Å². The minimum Gasteiger partial charge on any atom is -0.354 e. The van der Waals surface area contributed by atoms with Crippen LogP contribution in [0.1, 0.15) is 21.5 Å². The van der Waals surface area contributed by atoms with E-state index in [1.54, 1.807) is 0 Å². The van der Waals surface area contributed by atoms with Crippen molar-refractivity contribution in [3.05, 3.63) is 82.6 Å². The van der Waals surface area contributed by atoms with Gasteiger partial charge in [0.2, 0.25) is 5.95 Å². The van der Waals surface area contributed by atoms with Crippen LogP contribution in [0.4, 0.5) is 11.6 Å². The second kappa shape index (κ2) is 8.45. The van der Waals surface area contributed by atoms with Crippen LogP contribution in [0.5, 0.6) is 0 Å². The Morgan fingerprint density at radius 2 is 1.81 bits per heavy atom. The summed E-state index contributed by atoms with van der Waals surface area (Å²) in [4.78, 5) is 20.6. The summed E-state index contributed by atoms with van der Waals surface area (Å²) < 4.78 is 0. The summed E-state index contributed by atoms with van der Waals surface area (Å²) in [7, 11) is 0. The number of nitrogens with one attached hydrogen (secondary N) is 2. The molecule has 2 N–H and O–H groups in total. The molecule has 0 bridgehead atoms. The van der Waals surface area contributed by atoms with Gasteiger partial charge in [-0.15, -0.1) is 0 Å². The van der Waals surface area contributed by atoms with Crippen molar-refractivity contribution in [1.82, 2.24) is 9.97 Å². The predicted octanol–water partition coefficient (Wildman–Crippen LogP) is 4.35. The Labute approximate surface area is 157 Å². The first-order valence-corrected chi connectivity index (χ1v) is 8.66. The molecule has 3 aromatic rings. The minimum atomic E-state index is -0.233. The van der Waals surface area contributed by atoms with Gasteiger partial charge in [0.15, 0.2) is 0 Å². The van der Waals surface area contributed by atoms with Crippen molar-refractivity contribution < 1.29 is 4.79 Å². The van der Waals surface area contributed by atoms with Crippen LogP contribution in [-0.4, -0.2) is 22.4 Å². The molecule has 5 nitrogen and oxygen atoms in total. The summed E-state index contributed by atoms with van der Waals surface area (Å²) >= 11 is 5.87. The van der Waals surface area contributed by atoms with Gasteiger partial charge in [-0.1, -0.05) is 35.9 Å². The fourth-order valence-corrected chi connectivity index (χ4v) is 2.56. The topological polar surface area (TPSA) is 66.9 Å². The van der Waals surface area contributed by atoms with Gasteiger partial charge in [0.1, 0.15) is 0 Å². The largest absolute Gasteiger partial charge is 0.354 e. The number of rotatable bonds is 6. The van der Waals surface area contributed by atoms with E-state index in [0.29, 0.717) is 18.1 Å². The van der Waals surface area contributed by atoms with Gasteiger partial charge in [-0.05, 0) is 48.7 Å². The van der Waals surface area contributed by atoms with Crippen molar-refractivity contribution in [2.75, 3.05) is 17.2 Å². The smallest absolute Gasteiger partial charge is 0.258 e. The van der Waals surface area contributed by atoms with E-state index in [9.17, 15) is 4.79 Å². The quantitative estimate of drug-likeness (QED) is 0.680. The Morgan fingerprint density at radius 3 is 2.50 bits per heavy atom. The van der Waals surface area contributed by atoms with Crippen molar-refractivity contribution in [3.63, 3.8) is 0 Å². The van der Waals surface area contributed by atoms with Crippen LogP contribution in [-0.2, 0) is 6.42 Å².